The number of alkyl halides is 2. The second-order valence-electron chi connectivity index (χ2n) is 5.17. The lowest BCUT2D eigenvalue weighted by molar-refractivity contribution is 0.0195. The first-order chi connectivity index (χ1) is 7.54. The first kappa shape index (κ1) is 16.1. The van der Waals surface area contributed by atoms with E-state index in [1.807, 2.05) is 0 Å². The molecule has 0 aliphatic heterocycles. The van der Waals surface area contributed by atoms with Crippen LogP contribution >= 0.6 is 0 Å². The lowest BCUT2D eigenvalue weighted by atomic mass is 10.1. The predicted molar refractivity (Wildman–Crippen MR) is 62.1 cm³/mol. The molecule has 1 amide bonds. The Morgan fingerprint density at radius 2 is 1.88 bits per heavy atom. The quantitative estimate of drug-likeness (QED) is 0.834. The Balaban J connectivity index is 4.30. The average molecular weight is 252 g/mol. The number of hydrogen-bond donors (Lipinski definition) is 1. The molecule has 102 valence electrons. The topological polar surface area (TPSA) is 55.6 Å². The highest BCUT2D eigenvalue weighted by Crippen LogP contribution is 2.14. The van der Waals surface area contributed by atoms with Crippen LogP contribution in [0.3, 0.4) is 0 Å². The highest BCUT2D eigenvalue weighted by Gasteiger charge is 2.26. The summed E-state index contributed by atoms with van der Waals surface area (Å²) in [6.45, 7) is 6.89. The molecular formula is C11H22F2N2O2. The minimum absolute atomic E-state index is 0.0351. The van der Waals surface area contributed by atoms with Crippen LogP contribution in [0.2, 0.25) is 0 Å². The van der Waals surface area contributed by atoms with Crippen molar-refractivity contribution >= 4 is 6.09 Å². The van der Waals surface area contributed by atoms with Crippen molar-refractivity contribution in [2.45, 2.75) is 58.2 Å². The summed E-state index contributed by atoms with van der Waals surface area (Å²) in [5.41, 5.74) is 4.65. The molecule has 0 fully saturated rings. The number of carbonyl (C=O) groups is 1. The number of hydrogen-bond acceptors (Lipinski definition) is 3. The van der Waals surface area contributed by atoms with E-state index in [-0.39, 0.29) is 6.42 Å². The molecule has 0 saturated carbocycles. The number of halogens is 2. The van der Waals surface area contributed by atoms with Gasteiger partial charge in [-0.2, -0.15) is 0 Å². The zero-order valence-corrected chi connectivity index (χ0v) is 11.0. The molecular weight excluding hydrogens is 230 g/mol. The van der Waals surface area contributed by atoms with Gasteiger partial charge in [0.2, 0.25) is 0 Å². The third-order valence-corrected chi connectivity index (χ3v) is 2.28. The molecule has 6 heteroatoms. The molecule has 0 rings (SSSR count). The monoisotopic (exact) mass is 252 g/mol. The van der Waals surface area contributed by atoms with Gasteiger partial charge in [-0.25, -0.2) is 13.6 Å². The first-order valence-corrected chi connectivity index (χ1v) is 5.54. The maximum atomic E-state index is 12.3. The fourth-order valence-electron chi connectivity index (χ4n) is 1.17. The van der Waals surface area contributed by atoms with Crippen LogP contribution in [0, 0.1) is 0 Å². The third kappa shape index (κ3) is 6.41. The van der Waals surface area contributed by atoms with Gasteiger partial charge in [-0.3, -0.25) is 0 Å². The highest BCUT2D eigenvalue weighted by atomic mass is 19.3. The Morgan fingerprint density at radius 1 is 1.41 bits per heavy atom. The summed E-state index contributed by atoms with van der Waals surface area (Å²) in [6.07, 6.45) is -3.08. The van der Waals surface area contributed by atoms with Crippen molar-refractivity contribution in [1.29, 1.82) is 0 Å². The van der Waals surface area contributed by atoms with E-state index in [1.165, 1.54) is 11.9 Å². The van der Waals surface area contributed by atoms with E-state index in [2.05, 4.69) is 0 Å². The van der Waals surface area contributed by atoms with E-state index in [0.717, 1.165) is 0 Å². The summed E-state index contributed by atoms with van der Waals surface area (Å²) >= 11 is 0. The number of amides is 1. The number of nitrogens with two attached hydrogens (primary N) is 1. The Hall–Kier alpha value is -0.910. The molecule has 0 aliphatic rings. The van der Waals surface area contributed by atoms with Gasteiger partial charge < -0.3 is 15.4 Å². The van der Waals surface area contributed by atoms with Crippen molar-refractivity contribution in [1.82, 2.24) is 4.90 Å². The Morgan fingerprint density at radius 3 is 2.24 bits per heavy atom. The first-order valence-electron chi connectivity index (χ1n) is 5.54. The van der Waals surface area contributed by atoms with Crippen LogP contribution in [0.4, 0.5) is 13.6 Å². The zero-order valence-electron chi connectivity index (χ0n) is 11.0. The van der Waals surface area contributed by atoms with Crippen molar-refractivity contribution in [3.05, 3.63) is 0 Å². The summed E-state index contributed by atoms with van der Waals surface area (Å²) in [4.78, 5) is 12.9. The molecule has 0 radical (unpaired) electrons. The van der Waals surface area contributed by atoms with E-state index in [1.54, 1.807) is 27.7 Å². The molecule has 2 unspecified atom stereocenters. The van der Waals surface area contributed by atoms with Gasteiger partial charge in [0.15, 0.2) is 0 Å². The minimum Gasteiger partial charge on any atom is -0.444 e. The Bertz CT molecular complexity index is 254. The van der Waals surface area contributed by atoms with Gasteiger partial charge in [-0.05, 0) is 34.1 Å². The predicted octanol–water partition coefficient (Wildman–Crippen LogP) is 2.22. The Labute approximate surface area is 101 Å². The van der Waals surface area contributed by atoms with Crippen molar-refractivity contribution < 1.29 is 18.3 Å². The van der Waals surface area contributed by atoms with Crippen molar-refractivity contribution in [2.75, 3.05) is 7.05 Å². The number of nitrogens with zero attached hydrogens (tertiary/aromatic N) is 1. The van der Waals surface area contributed by atoms with Gasteiger partial charge in [0, 0.05) is 13.1 Å². The summed E-state index contributed by atoms with van der Waals surface area (Å²) < 4.78 is 29.7. The van der Waals surface area contributed by atoms with Crippen molar-refractivity contribution in [3.63, 3.8) is 0 Å². The fraction of sp³-hybridized carbons (Fsp3) is 0.909. The van der Waals surface area contributed by atoms with E-state index in [4.69, 9.17) is 10.5 Å². The average Bonchev–Trinajstić information content (AvgIpc) is 2.13. The third-order valence-electron chi connectivity index (χ3n) is 2.28. The molecule has 0 aliphatic carbocycles. The van der Waals surface area contributed by atoms with E-state index < -0.39 is 30.2 Å². The normalized spacial score (nSPS) is 15.6. The van der Waals surface area contributed by atoms with Crippen LogP contribution in [0.1, 0.15) is 34.1 Å². The molecule has 0 bridgehead atoms. The number of carbonyl (C=O) groups excluding carboxylic acids is 1. The van der Waals surface area contributed by atoms with Crippen LogP contribution in [0.5, 0.6) is 0 Å². The molecule has 0 heterocycles. The molecule has 2 N–H and O–H groups in total. The molecule has 0 aromatic heterocycles. The largest absolute Gasteiger partial charge is 0.444 e. The summed E-state index contributed by atoms with van der Waals surface area (Å²) in [7, 11) is 1.51. The molecule has 0 aromatic rings. The second-order valence-corrected chi connectivity index (χ2v) is 5.17. The van der Waals surface area contributed by atoms with Gasteiger partial charge in [0.05, 0.1) is 6.04 Å². The summed E-state index contributed by atoms with van der Waals surface area (Å²) in [6, 6.07) is -1.62. The van der Waals surface area contributed by atoms with Gasteiger partial charge >= 0.3 is 6.09 Å². The molecule has 0 saturated heterocycles. The maximum Gasteiger partial charge on any atom is 0.410 e. The highest BCUT2D eigenvalue weighted by molar-refractivity contribution is 5.68. The molecule has 2 atom stereocenters. The van der Waals surface area contributed by atoms with Crippen LogP contribution in [-0.2, 0) is 4.74 Å². The standard InChI is InChI=1S/C11H22F2N2O2/c1-7(6-8(14)9(12)13)15(5)10(16)17-11(2,3)4/h7-9H,6,14H2,1-5H3. The molecule has 4 nitrogen and oxygen atoms in total. The van der Waals surface area contributed by atoms with Crippen molar-refractivity contribution in [2.24, 2.45) is 5.73 Å². The van der Waals surface area contributed by atoms with E-state index >= 15 is 0 Å². The van der Waals surface area contributed by atoms with Crippen LogP contribution in [0.25, 0.3) is 0 Å². The van der Waals surface area contributed by atoms with Crippen molar-refractivity contribution in [3.8, 4) is 0 Å². The van der Waals surface area contributed by atoms with Gasteiger partial charge in [0.1, 0.15) is 5.60 Å². The van der Waals surface area contributed by atoms with Crippen LogP contribution in [0.15, 0.2) is 0 Å². The van der Waals surface area contributed by atoms with E-state index in [9.17, 15) is 13.6 Å². The molecule has 0 aromatic carbocycles. The van der Waals surface area contributed by atoms with Gasteiger partial charge in [0.25, 0.3) is 6.43 Å². The fourth-order valence-corrected chi connectivity index (χ4v) is 1.17. The zero-order chi connectivity index (χ0) is 13.8. The summed E-state index contributed by atoms with van der Waals surface area (Å²) in [5, 5.41) is 0. The van der Waals surface area contributed by atoms with Crippen LogP contribution in [-0.4, -0.2) is 42.2 Å². The summed E-state index contributed by atoms with van der Waals surface area (Å²) in [5.74, 6) is 0. The van der Waals surface area contributed by atoms with Crippen LogP contribution < -0.4 is 5.73 Å². The number of ether oxygens (including phenoxy) is 1. The minimum atomic E-state index is -2.58. The SMILES string of the molecule is CC(CC(N)C(F)F)N(C)C(=O)OC(C)(C)C. The molecule has 0 spiro atoms. The lowest BCUT2D eigenvalue weighted by Crippen LogP contribution is -2.43. The lowest BCUT2D eigenvalue weighted by Gasteiger charge is -2.29. The number of rotatable bonds is 4. The van der Waals surface area contributed by atoms with Gasteiger partial charge in [-0.15, -0.1) is 0 Å². The Kier molecular flexibility index (Phi) is 5.81. The smallest absolute Gasteiger partial charge is 0.410 e. The van der Waals surface area contributed by atoms with E-state index in [0.29, 0.717) is 0 Å². The molecule has 17 heavy (non-hydrogen) atoms. The van der Waals surface area contributed by atoms with Gasteiger partial charge in [-0.1, -0.05) is 0 Å². The second kappa shape index (κ2) is 6.14. The maximum absolute atomic E-state index is 12.3.